The maximum Gasteiger partial charge on any atom is 0.0923 e. The molecule has 28 heavy (non-hydrogen) atoms. The van der Waals surface area contributed by atoms with Crippen molar-refractivity contribution in [2.45, 2.75) is 65.2 Å². The van der Waals surface area contributed by atoms with Gasteiger partial charge in [0.25, 0.3) is 0 Å². The van der Waals surface area contributed by atoms with E-state index in [0.29, 0.717) is 10.8 Å². The fourth-order valence-electron chi connectivity index (χ4n) is 7.98. The first-order valence-electron chi connectivity index (χ1n) is 11.6. The summed E-state index contributed by atoms with van der Waals surface area (Å²) in [4.78, 5) is 2.59. The van der Waals surface area contributed by atoms with Crippen LogP contribution in [-0.2, 0) is 0 Å². The Bertz CT molecular complexity index is 867. The molecular weight excluding hydrogens is 340 g/mol. The summed E-state index contributed by atoms with van der Waals surface area (Å²) in [6.45, 7) is 6.15. The molecule has 6 rings (SSSR count). The van der Waals surface area contributed by atoms with Gasteiger partial charge in [0, 0.05) is 11.1 Å². The number of rotatable bonds is 1. The zero-order chi connectivity index (χ0) is 18.9. The van der Waals surface area contributed by atoms with Crippen molar-refractivity contribution in [1.82, 2.24) is 0 Å². The number of nitrogens with one attached hydrogen (secondary N) is 1. The van der Waals surface area contributed by atoms with E-state index < -0.39 is 0 Å². The van der Waals surface area contributed by atoms with Gasteiger partial charge in [0.05, 0.1) is 18.0 Å². The summed E-state index contributed by atoms with van der Waals surface area (Å²) in [6, 6.07) is 8.84. The van der Waals surface area contributed by atoms with Gasteiger partial charge >= 0.3 is 0 Å². The van der Waals surface area contributed by atoms with Gasteiger partial charge in [-0.2, -0.15) is 0 Å². The molecule has 2 saturated carbocycles. The predicted octanol–water partition coefficient (Wildman–Crippen LogP) is 6.72. The van der Waals surface area contributed by atoms with Crippen molar-refractivity contribution in [1.29, 1.82) is 0 Å². The van der Waals surface area contributed by atoms with Crippen LogP contribution < -0.4 is 10.2 Å². The van der Waals surface area contributed by atoms with Gasteiger partial charge in [-0.05, 0) is 80.2 Å². The summed E-state index contributed by atoms with van der Waals surface area (Å²) >= 11 is 0. The second-order valence-electron chi connectivity index (χ2n) is 10.5. The van der Waals surface area contributed by atoms with E-state index >= 15 is 0 Å². The quantitative estimate of drug-likeness (QED) is 0.549. The SMILES string of the molecule is CC12CCCCC1=CCC1C2CCC2(C)C(N3CNc4ccccc43)=CCC12. The summed E-state index contributed by atoms with van der Waals surface area (Å²) in [5, 5.41) is 3.61. The third kappa shape index (κ3) is 2.15. The summed E-state index contributed by atoms with van der Waals surface area (Å²) < 4.78 is 0. The third-order valence-electron chi connectivity index (χ3n) is 9.47. The third-order valence-corrected chi connectivity index (χ3v) is 9.47. The second kappa shape index (κ2) is 5.90. The van der Waals surface area contributed by atoms with Gasteiger partial charge in [0.1, 0.15) is 0 Å². The van der Waals surface area contributed by atoms with E-state index in [0.717, 1.165) is 24.4 Å². The van der Waals surface area contributed by atoms with E-state index in [1.54, 1.807) is 5.70 Å². The van der Waals surface area contributed by atoms with Gasteiger partial charge in [0.15, 0.2) is 0 Å². The molecule has 1 aliphatic heterocycles. The smallest absolute Gasteiger partial charge is 0.0923 e. The molecule has 0 saturated heterocycles. The van der Waals surface area contributed by atoms with Crippen molar-refractivity contribution < 1.29 is 0 Å². The minimum atomic E-state index is 0.344. The molecule has 1 N–H and O–H groups in total. The van der Waals surface area contributed by atoms with Crippen molar-refractivity contribution in [2.24, 2.45) is 28.6 Å². The Labute approximate surface area is 170 Å². The molecule has 0 aromatic heterocycles. The van der Waals surface area contributed by atoms with Crippen LogP contribution in [0.2, 0.25) is 0 Å². The van der Waals surface area contributed by atoms with Crippen molar-refractivity contribution in [3.8, 4) is 0 Å². The molecule has 1 aromatic rings. The van der Waals surface area contributed by atoms with Crippen LogP contribution in [-0.4, -0.2) is 6.67 Å². The standard InChI is InChI=1S/C26H34N2/c1-25-15-6-5-7-18(25)10-11-19-20-12-13-24(26(20,2)16-14-21(19)25)28-17-27-22-8-3-4-9-23(22)28/h3-4,8-10,13,19-21,27H,5-7,11-12,14-17H2,1-2H3. The summed E-state index contributed by atoms with van der Waals surface area (Å²) in [7, 11) is 0. The number of nitrogens with zero attached hydrogens (tertiary/aromatic N) is 1. The molecule has 2 nitrogen and oxygen atoms in total. The van der Waals surface area contributed by atoms with Crippen LogP contribution in [0, 0.1) is 28.6 Å². The van der Waals surface area contributed by atoms with Crippen molar-refractivity contribution in [3.63, 3.8) is 0 Å². The van der Waals surface area contributed by atoms with Gasteiger partial charge in [0.2, 0.25) is 0 Å². The summed E-state index contributed by atoms with van der Waals surface area (Å²) in [5.74, 6) is 2.62. The monoisotopic (exact) mass is 374 g/mol. The number of benzene rings is 1. The Morgan fingerprint density at radius 3 is 2.79 bits per heavy atom. The van der Waals surface area contributed by atoms with E-state index in [4.69, 9.17) is 0 Å². The molecule has 0 amide bonds. The fourth-order valence-corrected chi connectivity index (χ4v) is 7.98. The van der Waals surface area contributed by atoms with Crippen LogP contribution in [0.4, 0.5) is 11.4 Å². The molecule has 0 radical (unpaired) electrons. The Kier molecular flexibility index (Phi) is 3.62. The lowest BCUT2D eigenvalue weighted by atomic mass is 9.48. The number of fused-ring (bicyclic) bond motifs is 6. The summed E-state index contributed by atoms with van der Waals surface area (Å²) in [6.07, 6.45) is 16.4. The minimum Gasteiger partial charge on any atom is -0.366 e. The molecule has 148 valence electrons. The molecule has 0 spiro atoms. The van der Waals surface area contributed by atoms with Crippen LogP contribution in [0.1, 0.15) is 65.2 Å². The topological polar surface area (TPSA) is 15.3 Å². The Hall–Kier alpha value is -1.70. The maximum atomic E-state index is 3.61. The second-order valence-corrected chi connectivity index (χ2v) is 10.5. The number of para-hydroxylation sites is 2. The van der Waals surface area contributed by atoms with Crippen LogP contribution >= 0.6 is 0 Å². The molecule has 5 atom stereocenters. The van der Waals surface area contributed by atoms with Crippen molar-refractivity contribution >= 4 is 11.4 Å². The Morgan fingerprint density at radius 2 is 1.86 bits per heavy atom. The zero-order valence-electron chi connectivity index (χ0n) is 17.5. The highest BCUT2D eigenvalue weighted by Crippen LogP contribution is 2.65. The highest BCUT2D eigenvalue weighted by molar-refractivity contribution is 5.77. The number of hydrogen-bond acceptors (Lipinski definition) is 2. The lowest BCUT2D eigenvalue weighted by Gasteiger charge is -2.57. The lowest BCUT2D eigenvalue weighted by molar-refractivity contribution is -0.0173. The molecular formula is C26H34N2. The minimum absolute atomic E-state index is 0.344. The first-order chi connectivity index (χ1) is 13.6. The zero-order valence-corrected chi connectivity index (χ0v) is 17.5. The predicted molar refractivity (Wildman–Crippen MR) is 117 cm³/mol. The van der Waals surface area contributed by atoms with Crippen LogP contribution in [0.5, 0.6) is 0 Å². The average Bonchev–Trinajstić information content (AvgIpc) is 3.28. The maximum absolute atomic E-state index is 3.61. The van der Waals surface area contributed by atoms with E-state index in [9.17, 15) is 0 Å². The molecule has 4 aliphatic carbocycles. The average molecular weight is 375 g/mol. The first-order valence-corrected chi connectivity index (χ1v) is 11.6. The lowest BCUT2D eigenvalue weighted by Crippen LogP contribution is -2.50. The highest BCUT2D eigenvalue weighted by Gasteiger charge is 2.57. The van der Waals surface area contributed by atoms with E-state index in [2.05, 4.69) is 60.5 Å². The molecule has 0 bridgehead atoms. The molecule has 1 aromatic carbocycles. The van der Waals surface area contributed by atoms with Crippen molar-refractivity contribution in [2.75, 3.05) is 16.9 Å². The molecule has 2 heteroatoms. The van der Waals surface area contributed by atoms with Gasteiger partial charge in [-0.25, -0.2) is 0 Å². The molecule has 2 fully saturated rings. The van der Waals surface area contributed by atoms with Gasteiger partial charge in [-0.15, -0.1) is 0 Å². The molecule has 5 aliphatic rings. The van der Waals surface area contributed by atoms with Crippen LogP contribution in [0.15, 0.2) is 47.7 Å². The largest absolute Gasteiger partial charge is 0.366 e. The van der Waals surface area contributed by atoms with Gasteiger partial charge in [-0.1, -0.05) is 50.1 Å². The Balaban J connectivity index is 1.33. The van der Waals surface area contributed by atoms with E-state index in [1.807, 2.05) is 5.57 Å². The normalized spacial score (nSPS) is 41.2. The van der Waals surface area contributed by atoms with Crippen molar-refractivity contribution in [3.05, 3.63) is 47.7 Å². The Morgan fingerprint density at radius 1 is 0.964 bits per heavy atom. The summed E-state index contributed by atoms with van der Waals surface area (Å²) in [5.41, 5.74) is 6.96. The highest BCUT2D eigenvalue weighted by atomic mass is 15.3. The number of anilines is 2. The van der Waals surface area contributed by atoms with Gasteiger partial charge < -0.3 is 10.2 Å². The number of allylic oxidation sites excluding steroid dienone is 4. The first kappa shape index (κ1) is 17.2. The van der Waals surface area contributed by atoms with Gasteiger partial charge in [-0.3, -0.25) is 0 Å². The fraction of sp³-hybridized carbons (Fsp3) is 0.615. The molecule has 1 heterocycles. The van der Waals surface area contributed by atoms with E-state index in [-0.39, 0.29) is 0 Å². The number of hydrogen-bond donors (Lipinski definition) is 1. The molecule has 5 unspecified atom stereocenters. The van der Waals surface area contributed by atoms with E-state index in [1.165, 1.54) is 62.7 Å². The van der Waals surface area contributed by atoms with Crippen LogP contribution in [0.25, 0.3) is 0 Å². The van der Waals surface area contributed by atoms with Crippen LogP contribution in [0.3, 0.4) is 0 Å².